The number of rotatable bonds is 2. The molecule has 1 aliphatic carbocycles. The molecule has 1 fully saturated rings. The maximum Gasteiger partial charge on any atom is 0.183 e. The SMILES string of the molecule is CC1(C)CCC(n2nnnc2-c2cccc(N)c2Br)CC1. The quantitative estimate of drug-likeness (QED) is 0.836. The van der Waals surface area contributed by atoms with Crippen LogP contribution >= 0.6 is 15.9 Å². The van der Waals surface area contributed by atoms with Gasteiger partial charge in [-0.2, -0.15) is 0 Å². The summed E-state index contributed by atoms with van der Waals surface area (Å²) in [7, 11) is 0. The molecular formula is C15H20BrN5. The Morgan fingerprint density at radius 2 is 2.00 bits per heavy atom. The van der Waals surface area contributed by atoms with Crippen molar-refractivity contribution >= 4 is 21.6 Å². The predicted octanol–water partition coefficient (Wildman–Crippen LogP) is 3.83. The fraction of sp³-hybridized carbons (Fsp3) is 0.533. The molecule has 0 bridgehead atoms. The summed E-state index contributed by atoms with van der Waals surface area (Å²) in [5, 5.41) is 12.3. The summed E-state index contributed by atoms with van der Waals surface area (Å²) < 4.78 is 2.83. The highest BCUT2D eigenvalue weighted by molar-refractivity contribution is 9.10. The Hall–Kier alpha value is -1.43. The number of benzene rings is 1. The van der Waals surface area contributed by atoms with Crippen LogP contribution in [-0.2, 0) is 0 Å². The fourth-order valence-electron chi connectivity index (χ4n) is 2.97. The van der Waals surface area contributed by atoms with Crippen LogP contribution in [0, 0.1) is 5.41 Å². The Balaban J connectivity index is 1.93. The minimum absolute atomic E-state index is 0.372. The monoisotopic (exact) mass is 349 g/mol. The van der Waals surface area contributed by atoms with E-state index < -0.39 is 0 Å². The molecule has 5 nitrogen and oxygen atoms in total. The molecule has 1 aromatic carbocycles. The van der Waals surface area contributed by atoms with Gasteiger partial charge in [0, 0.05) is 11.3 Å². The highest BCUT2D eigenvalue weighted by Crippen LogP contribution is 2.41. The molecule has 1 aromatic heterocycles. The van der Waals surface area contributed by atoms with Crippen molar-refractivity contribution in [2.75, 3.05) is 5.73 Å². The molecule has 0 amide bonds. The summed E-state index contributed by atoms with van der Waals surface area (Å²) in [5.74, 6) is 0.791. The lowest BCUT2D eigenvalue weighted by molar-refractivity contribution is 0.185. The second kappa shape index (κ2) is 5.40. The Bertz CT molecular complexity index is 639. The molecular weight excluding hydrogens is 330 g/mol. The first kappa shape index (κ1) is 14.5. The number of hydrogen-bond donors (Lipinski definition) is 1. The van der Waals surface area contributed by atoms with Gasteiger partial charge in [0.2, 0.25) is 0 Å². The van der Waals surface area contributed by atoms with Crippen molar-refractivity contribution in [3.63, 3.8) is 0 Å². The number of nitrogens with zero attached hydrogens (tertiary/aromatic N) is 4. The smallest absolute Gasteiger partial charge is 0.183 e. The molecule has 1 aliphatic rings. The topological polar surface area (TPSA) is 69.6 Å². The van der Waals surface area contributed by atoms with E-state index in [1.54, 1.807) is 0 Å². The zero-order valence-corrected chi connectivity index (χ0v) is 14.0. The normalized spacial score (nSPS) is 18.8. The third kappa shape index (κ3) is 2.81. The number of hydrogen-bond acceptors (Lipinski definition) is 4. The van der Waals surface area contributed by atoms with E-state index >= 15 is 0 Å². The average Bonchev–Trinajstić information content (AvgIpc) is 2.91. The van der Waals surface area contributed by atoms with Crippen LogP contribution in [0.5, 0.6) is 0 Å². The van der Waals surface area contributed by atoms with Crippen LogP contribution in [0.4, 0.5) is 5.69 Å². The second-order valence-electron chi connectivity index (χ2n) is 6.55. The van der Waals surface area contributed by atoms with Crippen molar-refractivity contribution in [2.45, 2.75) is 45.6 Å². The molecule has 0 spiro atoms. The van der Waals surface area contributed by atoms with E-state index in [-0.39, 0.29) is 0 Å². The first-order chi connectivity index (χ1) is 9.98. The Kier molecular flexibility index (Phi) is 3.73. The molecule has 0 atom stereocenters. The van der Waals surface area contributed by atoms with Crippen LogP contribution in [-0.4, -0.2) is 20.2 Å². The van der Waals surface area contributed by atoms with Crippen LogP contribution in [0.1, 0.15) is 45.6 Å². The van der Waals surface area contributed by atoms with E-state index in [4.69, 9.17) is 5.73 Å². The molecule has 3 rings (SSSR count). The molecule has 0 saturated heterocycles. The van der Waals surface area contributed by atoms with E-state index in [0.717, 1.165) is 28.7 Å². The third-order valence-electron chi connectivity index (χ3n) is 4.42. The van der Waals surface area contributed by atoms with Gasteiger partial charge >= 0.3 is 0 Å². The molecule has 2 N–H and O–H groups in total. The summed E-state index contributed by atoms with van der Waals surface area (Å²) in [6.07, 6.45) is 4.64. The number of anilines is 1. The summed E-state index contributed by atoms with van der Waals surface area (Å²) in [4.78, 5) is 0. The van der Waals surface area contributed by atoms with Gasteiger partial charge in [-0.1, -0.05) is 19.9 Å². The molecule has 0 aliphatic heterocycles. The van der Waals surface area contributed by atoms with E-state index in [9.17, 15) is 0 Å². The van der Waals surface area contributed by atoms with Gasteiger partial charge in [0.15, 0.2) is 5.82 Å². The first-order valence-corrected chi connectivity index (χ1v) is 8.09. The molecule has 0 unspecified atom stereocenters. The first-order valence-electron chi connectivity index (χ1n) is 7.30. The van der Waals surface area contributed by atoms with Crippen LogP contribution in [0.2, 0.25) is 0 Å². The molecule has 1 saturated carbocycles. The maximum atomic E-state index is 5.97. The lowest BCUT2D eigenvalue weighted by Gasteiger charge is -2.34. The van der Waals surface area contributed by atoms with Crippen molar-refractivity contribution in [2.24, 2.45) is 5.41 Å². The van der Waals surface area contributed by atoms with Crippen LogP contribution < -0.4 is 5.73 Å². The summed E-state index contributed by atoms with van der Waals surface area (Å²) >= 11 is 3.54. The van der Waals surface area contributed by atoms with E-state index in [0.29, 0.717) is 17.1 Å². The van der Waals surface area contributed by atoms with E-state index in [2.05, 4.69) is 45.3 Å². The predicted molar refractivity (Wildman–Crippen MR) is 86.7 cm³/mol. The van der Waals surface area contributed by atoms with Gasteiger partial charge in [0.25, 0.3) is 0 Å². The molecule has 21 heavy (non-hydrogen) atoms. The number of aromatic nitrogens is 4. The van der Waals surface area contributed by atoms with Gasteiger partial charge in [0.05, 0.1) is 10.5 Å². The van der Waals surface area contributed by atoms with Gasteiger partial charge in [-0.15, -0.1) is 5.10 Å². The standard InChI is InChI=1S/C15H20BrN5/c1-15(2)8-6-10(7-9-15)21-14(18-19-20-21)11-4-3-5-12(17)13(11)16/h3-5,10H,6-9,17H2,1-2H3. The van der Waals surface area contributed by atoms with Crippen molar-refractivity contribution in [3.8, 4) is 11.4 Å². The number of tetrazole rings is 1. The van der Waals surface area contributed by atoms with Crippen molar-refractivity contribution < 1.29 is 0 Å². The highest BCUT2D eigenvalue weighted by Gasteiger charge is 2.30. The van der Waals surface area contributed by atoms with Gasteiger partial charge in [-0.3, -0.25) is 0 Å². The number of nitrogens with two attached hydrogens (primary N) is 1. The maximum absolute atomic E-state index is 5.97. The molecule has 0 radical (unpaired) electrons. The van der Waals surface area contributed by atoms with Crippen molar-refractivity contribution in [1.29, 1.82) is 0 Å². The van der Waals surface area contributed by atoms with Crippen molar-refractivity contribution in [1.82, 2.24) is 20.2 Å². The molecule has 112 valence electrons. The zero-order valence-electron chi connectivity index (χ0n) is 12.4. The van der Waals surface area contributed by atoms with Gasteiger partial charge in [-0.05, 0) is 69.6 Å². The number of nitrogen functional groups attached to an aromatic ring is 1. The summed E-state index contributed by atoms with van der Waals surface area (Å²) in [6, 6.07) is 6.16. The summed E-state index contributed by atoms with van der Waals surface area (Å²) in [5.41, 5.74) is 8.05. The fourth-order valence-corrected chi connectivity index (χ4v) is 3.41. The van der Waals surface area contributed by atoms with E-state index in [1.807, 2.05) is 22.9 Å². The van der Waals surface area contributed by atoms with E-state index in [1.165, 1.54) is 12.8 Å². The Morgan fingerprint density at radius 3 is 2.71 bits per heavy atom. The number of halogens is 1. The van der Waals surface area contributed by atoms with Crippen LogP contribution in [0.25, 0.3) is 11.4 Å². The molecule has 1 heterocycles. The lowest BCUT2D eigenvalue weighted by atomic mass is 9.75. The van der Waals surface area contributed by atoms with Gasteiger partial charge in [0.1, 0.15) is 0 Å². The van der Waals surface area contributed by atoms with Crippen LogP contribution in [0.15, 0.2) is 22.7 Å². The van der Waals surface area contributed by atoms with Crippen LogP contribution in [0.3, 0.4) is 0 Å². The Labute approximate surface area is 133 Å². The average molecular weight is 350 g/mol. The molecule has 6 heteroatoms. The van der Waals surface area contributed by atoms with Crippen molar-refractivity contribution in [3.05, 3.63) is 22.7 Å². The zero-order chi connectivity index (χ0) is 15.0. The lowest BCUT2D eigenvalue weighted by Crippen LogP contribution is -2.24. The second-order valence-corrected chi connectivity index (χ2v) is 7.34. The Morgan fingerprint density at radius 1 is 1.29 bits per heavy atom. The highest BCUT2D eigenvalue weighted by atomic mass is 79.9. The van der Waals surface area contributed by atoms with Gasteiger partial charge < -0.3 is 5.73 Å². The van der Waals surface area contributed by atoms with Gasteiger partial charge in [-0.25, -0.2) is 4.68 Å². The molecule has 2 aromatic rings. The summed E-state index contributed by atoms with van der Waals surface area (Å²) in [6.45, 7) is 4.66. The largest absolute Gasteiger partial charge is 0.398 e. The minimum Gasteiger partial charge on any atom is -0.398 e. The third-order valence-corrected chi connectivity index (χ3v) is 5.30. The minimum atomic E-state index is 0.372.